The normalized spacial score (nSPS) is 9.75. The maximum atomic E-state index is 10.6. The number of carbonyl (C=O) groups is 1. The number of carbonyl (C=O) groups excluding carboxylic acids is 1. The number of rotatable bonds is 4. The minimum absolute atomic E-state index is 0.694. The molecule has 1 N–H and O–H groups in total. The van der Waals surface area contributed by atoms with Gasteiger partial charge in [0, 0.05) is 12.7 Å². The lowest BCUT2D eigenvalue weighted by Crippen LogP contribution is -2.15. The van der Waals surface area contributed by atoms with E-state index in [9.17, 15) is 4.79 Å². The SMILES string of the molecule is C=C(C)N(C)c1cc(C)c(C)cc1NC=O. The average Bonchev–Trinajstić information content (AvgIpc) is 2.22. The molecule has 0 spiro atoms. The molecular formula is C13H18N2O. The van der Waals surface area contributed by atoms with Crippen molar-refractivity contribution in [1.29, 1.82) is 0 Å². The van der Waals surface area contributed by atoms with Crippen LogP contribution in [0.25, 0.3) is 0 Å². The van der Waals surface area contributed by atoms with E-state index in [4.69, 9.17) is 0 Å². The van der Waals surface area contributed by atoms with Gasteiger partial charge in [0.15, 0.2) is 0 Å². The van der Waals surface area contributed by atoms with E-state index in [1.54, 1.807) is 0 Å². The van der Waals surface area contributed by atoms with Crippen molar-refractivity contribution < 1.29 is 4.79 Å². The van der Waals surface area contributed by atoms with Crippen molar-refractivity contribution in [3.8, 4) is 0 Å². The van der Waals surface area contributed by atoms with E-state index in [2.05, 4.69) is 24.9 Å². The molecule has 0 aliphatic carbocycles. The summed E-state index contributed by atoms with van der Waals surface area (Å²) in [5, 5.41) is 2.72. The van der Waals surface area contributed by atoms with Crippen molar-refractivity contribution in [2.45, 2.75) is 20.8 Å². The van der Waals surface area contributed by atoms with Gasteiger partial charge < -0.3 is 10.2 Å². The molecule has 86 valence electrons. The van der Waals surface area contributed by atoms with Crippen LogP contribution < -0.4 is 10.2 Å². The lowest BCUT2D eigenvalue weighted by molar-refractivity contribution is -0.105. The number of aryl methyl sites for hydroxylation is 2. The van der Waals surface area contributed by atoms with Crippen molar-refractivity contribution in [2.75, 3.05) is 17.3 Å². The minimum Gasteiger partial charge on any atom is -0.347 e. The van der Waals surface area contributed by atoms with Gasteiger partial charge in [0.1, 0.15) is 0 Å². The summed E-state index contributed by atoms with van der Waals surface area (Å²) in [5.74, 6) is 0. The number of allylic oxidation sites excluding steroid dienone is 1. The molecule has 3 heteroatoms. The largest absolute Gasteiger partial charge is 0.347 e. The van der Waals surface area contributed by atoms with E-state index >= 15 is 0 Å². The summed E-state index contributed by atoms with van der Waals surface area (Å²) in [6.07, 6.45) is 0.694. The van der Waals surface area contributed by atoms with E-state index in [0.717, 1.165) is 22.6 Å². The number of nitrogens with one attached hydrogen (secondary N) is 1. The van der Waals surface area contributed by atoms with Crippen LogP contribution in [0.3, 0.4) is 0 Å². The van der Waals surface area contributed by atoms with Crippen molar-refractivity contribution in [3.05, 3.63) is 35.5 Å². The second-order valence-electron chi connectivity index (χ2n) is 4.01. The Morgan fingerprint density at radius 2 is 1.94 bits per heavy atom. The first kappa shape index (κ1) is 12.3. The Hall–Kier alpha value is -1.77. The summed E-state index contributed by atoms with van der Waals surface area (Å²) >= 11 is 0. The van der Waals surface area contributed by atoms with E-state index in [-0.39, 0.29) is 0 Å². The quantitative estimate of drug-likeness (QED) is 0.788. The van der Waals surface area contributed by atoms with Gasteiger partial charge in [-0.2, -0.15) is 0 Å². The van der Waals surface area contributed by atoms with Crippen LogP contribution in [0.2, 0.25) is 0 Å². The third-order valence-corrected chi connectivity index (χ3v) is 2.76. The molecule has 0 saturated heterocycles. The molecule has 0 aliphatic rings. The van der Waals surface area contributed by atoms with Gasteiger partial charge in [-0.15, -0.1) is 0 Å². The van der Waals surface area contributed by atoms with Crippen LogP contribution >= 0.6 is 0 Å². The lowest BCUT2D eigenvalue weighted by Gasteiger charge is -2.23. The molecule has 1 rings (SSSR count). The Bertz CT molecular complexity index is 424. The van der Waals surface area contributed by atoms with Crippen molar-refractivity contribution >= 4 is 17.8 Å². The predicted molar refractivity (Wildman–Crippen MR) is 68.8 cm³/mol. The zero-order chi connectivity index (χ0) is 12.3. The van der Waals surface area contributed by atoms with E-state index in [1.165, 1.54) is 5.56 Å². The molecule has 3 nitrogen and oxygen atoms in total. The highest BCUT2D eigenvalue weighted by Crippen LogP contribution is 2.29. The highest BCUT2D eigenvalue weighted by molar-refractivity contribution is 5.83. The summed E-state index contributed by atoms with van der Waals surface area (Å²) in [4.78, 5) is 12.5. The molecule has 0 bridgehead atoms. The molecule has 0 heterocycles. The fraction of sp³-hybridized carbons (Fsp3) is 0.308. The molecule has 1 aromatic rings. The Kier molecular flexibility index (Phi) is 3.72. The average molecular weight is 218 g/mol. The van der Waals surface area contributed by atoms with Gasteiger partial charge in [0.2, 0.25) is 6.41 Å². The van der Waals surface area contributed by atoms with Gasteiger partial charge in [-0.05, 0) is 44.0 Å². The number of anilines is 2. The molecule has 0 atom stereocenters. The lowest BCUT2D eigenvalue weighted by atomic mass is 10.1. The Morgan fingerprint density at radius 1 is 1.38 bits per heavy atom. The second kappa shape index (κ2) is 4.84. The summed E-state index contributed by atoms with van der Waals surface area (Å²) in [5.41, 5.74) is 5.05. The molecular weight excluding hydrogens is 200 g/mol. The number of hydrogen-bond acceptors (Lipinski definition) is 2. The van der Waals surface area contributed by atoms with Crippen molar-refractivity contribution in [3.63, 3.8) is 0 Å². The highest BCUT2D eigenvalue weighted by Gasteiger charge is 2.09. The molecule has 1 amide bonds. The molecule has 0 radical (unpaired) electrons. The fourth-order valence-electron chi connectivity index (χ4n) is 1.46. The molecule has 0 aromatic heterocycles. The Labute approximate surface area is 96.8 Å². The summed E-state index contributed by atoms with van der Waals surface area (Å²) in [6.45, 7) is 9.90. The fourth-order valence-corrected chi connectivity index (χ4v) is 1.46. The van der Waals surface area contributed by atoms with E-state index in [1.807, 2.05) is 31.9 Å². The van der Waals surface area contributed by atoms with Crippen LogP contribution in [0.4, 0.5) is 11.4 Å². The zero-order valence-corrected chi connectivity index (χ0v) is 10.3. The van der Waals surface area contributed by atoms with Crippen LogP contribution in [-0.2, 0) is 4.79 Å². The maximum Gasteiger partial charge on any atom is 0.211 e. The standard InChI is InChI=1S/C13H18N2O/c1-9(2)15(5)13-7-11(4)10(3)6-12(13)14-8-16/h6-8H,1H2,2-5H3,(H,14,16). The molecule has 16 heavy (non-hydrogen) atoms. The van der Waals surface area contributed by atoms with E-state index < -0.39 is 0 Å². The van der Waals surface area contributed by atoms with Gasteiger partial charge in [-0.3, -0.25) is 4.79 Å². The van der Waals surface area contributed by atoms with E-state index in [0.29, 0.717) is 6.41 Å². The van der Waals surface area contributed by atoms with Crippen LogP contribution in [0, 0.1) is 13.8 Å². The van der Waals surface area contributed by atoms with Crippen LogP contribution in [0.1, 0.15) is 18.1 Å². The van der Waals surface area contributed by atoms with Crippen LogP contribution in [-0.4, -0.2) is 13.5 Å². The number of hydrogen-bond donors (Lipinski definition) is 1. The predicted octanol–water partition coefficient (Wildman–Crippen LogP) is 2.84. The Morgan fingerprint density at radius 3 is 2.44 bits per heavy atom. The van der Waals surface area contributed by atoms with Crippen molar-refractivity contribution in [2.24, 2.45) is 0 Å². The summed E-state index contributed by atoms with van der Waals surface area (Å²) in [7, 11) is 1.93. The molecule has 0 unspecified atom stereocenters. The van der Waals surface area contributed by atoms with Gasteiger partial charge >= 0.3 is 0 Å². The molecule has 1 aromatic carbocycles. The molecule has 0 saturated carbocycles. The van der Waals surface area contributed by atoms with Gasteiger partial charge in [-0.25, -0.2) is 0 Å². The smallest absolute Gasteiger partial charge is 0.211 e. The second-order valence-corrected chi connectivity index (χ2v) is 4.01. The highest BCUT2D eigenvalue weighted by atomic mass is 16.1. The first-order valence-electron chi connectivity index (χ1n) is 5.18. The van der Waals surface area contributed by atoms with Crippen LogP contribution in [0.5, 0.6) is 0 Å². The first-order valence-corrected chi connectivity index (χ1v) is 5.18. The monoisotopic (exact) mass is 218 g/mol. The maximum absolute atomic E-state index is 10.6. The summed E-state index contributed by atoms with van der Waals surface area (Å²) in [6, 6.07) is 4.02. The molecule has 0 fully saturated rings. The third kappa shape index (κ3) is 2.42. The van der Waals surface area contributed by atoms with Gasteiger partial charge in [0.25, 0.3) is 0 Å². The number of benzene rings is 1. The summed E-state index contributed by atoms with van der Waals surface area (Å²) < 4.78 is 0. The minimum atomic E-state index is 0.694. The van der Waals surface area contributed by atoms with Gasteiger partial charge in [0.05, 0.1) is 11.4 Å². The number of amides is 1. The topological polar surface area (TPSA) is 32.3 Å². The Balaban J connectivity index is 3.28. The zero-order valence-electron chi connectivity index (χ0n) is 10.3. The van der Waals surface area contributed by atoms with Crippen LogP contribution in [0.15, 0.2) is 24.4 Å². The van der Waals surface area contributed by atoms with Gasteiger partial charge in [-0.1, -0.05) is 6.58 Å². The van der Waals surface area contributed by atoms with Crippen molar-refractivity contribution in [1.82, 2.24) is 0 Å². The first-order chi connectivity index (χ1) is 7.47. The molecule has 0 aliphatic heterocycles. The third-order valence-electron chi connectivity index (χ3n) is 2.76. The number of nitrogens with zero attached hydrogens (tertiary/aromatic N) is 1.